The number of amides is 2. The van der Waals surface area contributed by atoms with Gasteiger partial charge in [-0.15, -0.1) is 0 Å². The van der Waals surface area contributed by atoms with Gasteiger partial charge in [-0.2, -0.15) is 8.78 Å². The smallest absolute Gasteiger partial charge is 0.349 e. The summed E-state index contributed by atoms with van der Waals surface area (Å²) in [6, 6.07) is 13.2. The van der Waals surface area contributed by atoms with Crippen LogP contribution in [0.1, 0.15) is 34.5 Å². The monoisotopic (exact) mass is 475 g/mol. The number of oxazole rings is 1. The summed E-state index contributed by atoms with van der Waals surface area (Å²) in [5, 5.41) is 2.22. The Hall–Kier alpha value is -3.69. The number of rotatable bonds is 6. The van der Waals surface area contributed by atoms with Crippen LogP contribution in [0, 0.1) is 0 Å². The molecule has 6 nitrogen and oxygen atoms in total. The molecule has 0 atom stereocenters. The predicted molar refractivity (Wildman–Crippen MR) is 114 cm³/mol. The van der Waals surface area contributed by atoms with Gasteiger partial charge >= 0.3 is 5.92 Å². The van der Waals surface area contributed by atoms with E-state index < -0.39 is 35.8 Å². The quantitative estimate of drug-likeness (QED) is 0.528. The number of piperidine rings is 1. The number of nitrogens with zero attached hydrogens (tertiary/aromatic N) is 2. The molecule has 2 aromatic carbocycles. The minimum atomic E-state index is -3.67. The number of carbonyl (C=O) groups is 2. The predicted octanol–water partition coefficient (Wildman–Crippen LogP) is 4.62. The van der Waals surface area contributed by atoms with Gasteiger partial charge in [-0.1, -0.05) is 42.5 Å². The lowest BCUT2D eigenvalue weighted by Crippen LogP contribution is -2.45. The average molecular weight is 475 g/mol. The van der Waals surface area contributed by atoms with Crippen molar-refractivity contribution in [1.29, 1.82) is 0 Å². The Morgan fingerprint density at radius 1 is 1.09 bits per heavy atom. The van der Waals surface area contributed by atoms with Crippen LogP contribution in [0.2, 0.25) is 0 Å². The third kappa shape index (κ3) is 5.11. The van der Waals surface area contributed by atoms with Crippen molar-refractivity contribution < 1.29 is 31.6 Å². The Morgan fingerprint density at radius 3 is 2.47 bits per heavy atom. The number of aromatic nitrogens is 1. The minimum Gasteiger partial charge on any atom is -0.444 e. The van der Waals surface area contributed by atoms with Gasteiger partial charge < -0.3 is 14.6 Å². The first kappa shape index (κ1) is 23.5. The molecule has 1 aliphatic heterocycles. The molecule has 0 aliphatic carbocycles. The van der Waals surface area contributed by atoms with E-state index in [9.17, 15) is 27.2 Å². The van der Waals surface area contributed by atoms with Gasteiger partial charge in [0.1, 0.15) is 6.26 Å². The van der Waals surface area contributed by atoms with E-state index in [1.807, 2.05) is 0 Å². The standard InChI is InChI=1S/C24H21F4N3O3/c25-23(26)11-4-12-31(15-23)21(32)19-14-34-20(30-19)17-9-7-16(8-10-17)13-29-22(33)24(27,28)18-5-2-1-3-6-18/h1-3,5-10,14H,4,11-13,15H2,(H,29,33). The zero-order valence-electron chi connectivity index (χ0n) is 17.9. The van der Waals surface area contributed by atoms with Crippen molar-refractivity contribution in [3.8, 4) is 11.5 Å². The number of hydrogen-bond acceptors (Lipinski definition) is 4. The minimum absolute atomic E-state index is 0.0767. The second kappa shape index (κ2) is 9.28. The normalized spacial score (nSPS) is 15.7. The molecule has 1 aliphatic rings. The fraction of sp³-hybridized carbons (Fsp3) is 0.292. The Balaban J connectivity index is 1.37. The highest BCUT2D eigenvalue weighted by molar-refractivity contribution is 5.92. The molecule has 1 aromatic heterocycles. The number of alkyl halides is 4. The van der Waals surface area contributed by atoms with Gasteiger partial charge in [-0.3, -0.25) is 9.59 Å². The van der Waals surface area contributed by atoms with Crippen LogP contribution in [0.4, 0.5) is 17.6 Å². The lowest BCUT2D eigenvalue weighted by atomic mass is 10.1. The van der Waals surface area contributed by atoms with Crippen LogP contribution in [-0.4, -0.2) is 40.7 Å². The van der Waals surface area contributed by atoms with Crippen molar-refractivity contribution in [2.24, 2.45) is 0 Å². The van der Waals surface area contributed by atoms with E-state index in [-0.39, 0.29) is 37.5 Å². The highest BCUT2D eigenvalue weighted by atomic mass is 19.3. The molecule has 0 bridgehead atoms. The first-order valence-corrected chi connectivity index (χ1v) is 10.6. The van der Waals surface area contributed by atoms with E-state index >= 15 is 0 Å². The molecule has 1 N–H and O–H groups in total. The second-order valence-corrected chi connectivity index (χ2v) is 8.04. The van der Waals surface area contributed by atoms with E-state index in [0.717, 1.165) is 11.2 Å². The van der Waals surface area contributed by atoms with Crippen LogP contribution in [0.3, 0.4) is 0 Å². The number of benzene rings is 2. The van der Waals surface area contributed by atoms with E-state index in [2.05, 4.69) is 10.3 Å². The molecule has 0 radical (unpaired) electrons. The van der Waals surface area contributed by atoms with Crippen LogP contribution in [-0.2, 0) is 17.3 Å². The molecule has 34 heavy (non-hydrogen) atoms. The van der Waals surface area contributed by atoms with Crippen molar-refractivity contribution in [3.63, 3.8) is 0 Å². The summed E-state index contributed by atoms with van der Waals surface area (Å²) in [6.07, 6.45) is 1.07. The maximum atomic E-state index is 14.3. The van der Waals surface area contributed by atoms with Crippen molar-refractivity contribution in [1.82, 2.24) is 15.2 Å². The zero-order chi connectivity index (χ0) is 24.3. The van der Waals surface area contributed by atoms with Gasteiger partial charge in [-0.05, 0) is 24.1 Å². The van der Waals surface area contributed by atoms with E-state index in [1.54, 1.807) is 30.3 Å². The number of carbonyl (C=O) groups excluding carboxylic acids is 2. The van der Waals surface area contributed by atoms with Crippen LogP contribution in [0.15, 0.2) is 65.3 Å². The maximum Gasteiger partial charge on any atom is 0.349 e. The second-order valence-electron chi connectivity index (χ2n) is 8.04. The zero-order valence-corrected chi connectivity index (χ0v) is 17.9. The molecule has 4 rings (SSSR count). The van der Waals surface area contributed by atoms with E-state index in [4.69, 9.17) is 4.42 Å². The molecule has 0 saturated carbocycles. The molecule has 3 aromatic rings. The highest BCUT2D eigenvalue weighted by Crippen LogP contribution is 2.29. The molecular formula is C24H21F4N3O3. The number of likely N-dealkylation sites (tertiary alicyclic amines) is 1. The highest BCUT2D eigenvalue weighted by Gasteiger charge is 2.40. The molecule has 1 saturated heterocycles. The van der Waals surface area contributed by atoms with Gasteiger partial charge in [0.05, 0.1) is 6.54 Å². The Kier molecular flexibility index (Phi) is 6.41. The summed E-state index contributed by atoms with van der Waals surface area (Å²) in [6.45, 7) is -0.557. The molecule has 1 fully saturated rings. The summed E-state index contributed by atoms with van der Waals surface area (Å²) in [5.74, 6) is -8.52. The van der Waals surface area contributed by atoms with Crippen LogP contribution >= 0.6 is 0 Å². The SMILES string of the molecule is O=C(c1coc(-c2ccc(CNC(=O)C(F)(F)c3ccccc3)cc2)n1)N1CCCC(F)(F)C1. The summed E-state index contributed by atoms with van der Waals surface area (Å²) < 4.78 is 61.1. The Labute approximate surface area is 192 Å². The topological polar surface area (TPSA) is 75.4 Å². The first-order valence-electron chi connectivity index (χ1n) is 10.6. The van der Waals surface area contributed by atoms with Crippen molar-refractivity contribution >= 4 is 11.8 Å². The lowest BCUT2D eigenvalue weighted by molar-refractivity contribution is -0.147. The largest absolute Gasteiger partial charge is 0.444 e. The first-order chi connectivity index (χ1) is 16.2. The molecular weight excluding hydrogens is 454 g/mol. The Morgan fingerprint density at radius 2 is 1.79 bits per heavy atom. The van der Waals surface area contributed by atoms with Gasteiger partial charge in [0, 0.05) is 30.6 Å². The average Bonchev–Trinajstić information content (AvgIpc) is 3.32. The number of hydrogen-bond donors (Lipinski definition) is 1. The molecule has 178 valence electrons. The van der Waals surface area contributed by atoms with Gasteiger partial charge in [-0.25, -0.2) is 13.8 Å². The summed E-state index contributed by atoms with van der Waals surface area (Å²) in [5.41, 5.74) is 0.574. The number of nitrogens with one attached hydrogen (secondary N) is 1. The van der Waals surface area contributed by atoms with Crippen molar-refractivity contribution in [3.05, 3.63) is 77.7 Å². The van der Waals surface area contributed by atoms with E-state index in [1.165, 1.54) is 24.3 Å². The van der Waals surface area contributed by atoms with Gasteiger partial charge in [0.25, 0.3) is 17.7 Å². The number of halogens is 4. The maximum absolute atomic E-state index is 14.3. The van der Waals surface area contributed by atoms with E-state index in [0.29, 0.717) is 11.1 Å². The fourth-order valence-corrected chi connectivity index (χ4v) is 3.64. The summed E-state index contributed by atoms with van der Waals surface area (Å²) in [7, 11) is 0. The van der Waals surface area contributed by atoms with Gasteiger partial charge in [0.2, 0.25) is 5.89 Å². The molecule has 2 heterocycles. The fourth-order valence-electron chi connectivity index (χ4n) is 3.64. The molecule has 10 heteroatoms. The molecule has 2 amide bonds. The summed E-state index contributed by atoms with van der Waals surface area (Å²) in [4.78, 5) is 29.6. The van der Waals surface area contributed by atoms with Crippen molar-refractivity contribution in [2.75, 3.05) is 13.1 Å². The van der Waals surface area contributed by atoms with Crippen LogP contribution < -0.4 is 5.32 Å². The van der Waals surface area contributed by atoms with Crippen LogP contribution in [0.5, 0.6) is 0 Å². The lowest BCUT2D eigenvalue weighted by Gasteiger charge is -2.31. The third-order valence-corrected chi connectivity index (χ3v) is 5.48. The summed E-state index contributed by atoms with van der Waals surface area (Å²) >= 11 is 0. The molecule has 0 unspecified atom stereocenters. The third-order valence-electron chi connectivity index (χ3n) is 5.48. The van der Waals surface area contributed by atoms with Crippen LogP contribution in [0.25, 0.3) is 11.5 Å². The van der Waals surface area contributed by atoms with Crippen molar-refractivity contribution in [2.45, 2.75) is 31.2 Å². The Bertz CT molecular complexity index is 1160. The molecule has 0 spiro atoms. The van der Waals surface area contributed by atoms with Gasteiger partial charge in [0.15, 0.2) is 5.69 Å².